The molecule has 7 heteroatoms. The van der Waals surface area contributed by atoms with E-state index in [2.05, 4.69) is 25.9 Å². The maximum Gasteiger partial charge on any atom is 0.243 e. The number of nitrogens with one attached hydrogen (secondary N) is 2. The van der Waals surface area contributed by atoms with Crippen molar-refractivity contribution < 1.29 is 4.79 Å². The lowest BCUT2D eigenvalue weighted by Crippen LogP contribution is -2.45. The van der Waals surface area contributed by atoms with Crippen molar-refractivity contribution in [2.24, 2.45) is 5.73 Å². The number of aromatic amines is 1. The van der Waals surface area contributed by atoms with Gasteiger partial charge in [0.15, 0.2) is 0 Å². The van der Waals surface area contributed by atoms with Crippen LogP contribution < -0.4 is 11.1 Å². The average molecular weight is 246 g/mol. The predicted octanol–water partition coefficient (Wildman–Crippen LogP) is 0.542. The van der Waals surface area contributed by atoms with Crippen molar-refractivity contribution >= 4 is 11.6 Å². The summed E-state index contributed by atoms with van der Waals surface area (Å²) in [6, 6.07) is 7.11. The summed E-state index contributed by atoms with van der Waals surface area (Å²) in [5.74, 6) is 0.266. The number of hydrogen-bond acceptors (Lipinski definition) is 5. The zero-order valence-electron chi connectivity index (χ0n) is 10.1. The molecular formula is C11H14N6O. The molecule has 0 unspecified atom stereocenters. The number of rotatable bonds is 3. The second-order valence-electron chi connectivity index (χ2n) is 4.49. The number of carbonyl (C=O) groups is 1. The lowest BCUT2D eigenvalue weighted by atomic mass is 10.1. The standard InChI is InChI=1S/C11H14N6O/c1-11(2,12)10(18)13-8-5-3-7(4-6-8)9-14-16-17-15-9/h3-6H,12H2,1-2H3,(H,13,18)(H,14,15,16,17). The van der Waals surface area contributed by atoms with Crippen LogP contribution in [0.25, 0.3) is 11.4 Å². The molecule has 18 heavy (non-hydrogen) atoms. The molecule has 94 valence electrons. The lowest BCUT2D eigenvalue weighted by molar-refractivity contribution is -0.120. The minimum absolute atomic E-state index is 0.241. The van der Waals surface area contributed by atoms with Gasteiger partial charge in [-0.2, -0.15) is 5.21 Å². The molecular weight excluding hydrogens is 232 g/mol. The molecule has 0 radical (unpaired) electrons. The van der Waals surface area contributed by atoms with Crippen LogP contribution in [0.15, 0.2) is 24.3 Å². The molecule has 0 saturated carbocycles. The first-order valence-corrected chi connectivity index (χ1v) is 5.41. The summed E-state index contributed by atoms with van der Waals surface area (Å²) in [5, 5.41) is 16.3. The Morgan fingerprint density at radius 3 is 2.50 bits per heavy atom. The van der Waals surface area contributed by atoms with Crippen molar-refractivity contribution in [1.29, 1.82) is 0 Å². The minimum Gasteiger partial charge on any atom is -0.325 e. The number of tetrazole rings is 1. The molecule has 1 amide bonds. The summed E-state index contributed by atoms with van der Waals surface area (Å²) in [4.78, 5) is 11.7. The van der Waals surface area contributed by atoms with Gasteiger partial charge in [0.1, 0.15) is 0 Å². The molecule has 1 aromatic carbocycles. The van der Waals surface area contributed by atoms with Crippen LogP contribution in [0.3, 0.4) is 0 Å². The summed E-state index contributed by atoms with van der Waals surface area (Å²) < 4.78 is 0. The first-order valence-electron chi connectivity index (χ1n) is 5.41. The van der Waals surface area contributed by atoms with E-state index in [1.165, 1.54) is 0 Å². The van der Waals surface area contributed by atoms with Gasteiger partial charge in [0.05, 0.1) is 5.54 Å². The molecule has 0 atom stereocenters. The quantitative estimate of drug-likeness (QED) is 0.732. The number of anilines is 1. The van der Waals surface area contributed by atoms with Gasteiger partial charge >= 0.3 is 0 Å². The molecule has 0 saturated heterocycles. The summed E-state index contributed by atoms with van der Waals surface area (Å²) in [7, 11) is 0. The molecule has 0 aliphatic heterocycles. The van der Waals surface area contributed by atoms with Crippen LogP contribution in [0.4, 0.5) is 5.69 Å². The van der Waals surface area contributed by atoms with Crippen molar-refractivity contribution in [2.45, 2.75) is 19.4 Å². The van der Waals surface area contributed by atoms with Gasteiger partial charge in [0.2, 0.25) is 11.7 Å². The molecule has 0 spiro atoms. The molecule has 2 rings (SSSR count). The fourth-order valence-electron chi connectivity index (χ4n) is 1.28. The molecule has 1 heterocycles. The van der Waals surface area contributed by atoms with Gasteiger partial charge in [-0.15, -0.1) is 10.2 Å². The third-order valence-corrected chi connectivity index (χ3v) is 2.33. The second kappa shape index (κ2) is 4.53. The SMILES string of the molecule is CC(C)(N)C(=O)Nc1ccc(-c2nn[nH]n2)cc1. The summed E-state index contributed by atoms with van der Waals surface area (Å²) in [5.41, 5.74) is 6.26. The van der Waals surface area contributed by atoms with Crippen LogP contribution in [0.5, 0.6) is 0 Å². The summed E-state index contributed by atoms with van der Waals surface area (Å²) >= 11 is 0. The zero-order chi connectivity index (χ0) is 13.2. The van der Waals surface area contributed by atoms with Crippen LogP contribution in [-0.4, -0.2) is 32.1 Å². The summed E-state index contributed by atoms with van der Waals surface area (Å²) in [6.07, 6.45) is 0. The van der Waals surface area contributed by atoms with Gasteiger partial charge in [-0.25, -0.2) is 0 Å². The van der Waals surface area contributed by atoms with Crippen molar-refractivity contribution in [3.63, 3.8) is 0 Å². The summed E-state index contributed by atoms with van der Waals surface area (Å²) in [6.45, 7) is 3.30. The van der Waals surface area contributed by atoms with Crippen LogP contribution in [0.2, 0.25) is 0 Å². The Hall–Kier alpha value is -2.28. The van der Waals surface area contributed by atoms with E-state index in [1.807, 2.05) is 0 Å². The van der Waals surface area contributed by atoms with Gasteiger partial charge in [0.25, 0.3) is 0 Å². The van der Waals surface area contributed by atoms with E-state index in [0.29, 0.717) is 11.5 Å². The predicted molar refractivity (Wildman–Crippen MR) is 66.5 cm³/mol. The Bertz CT molecular complexity index is 526. The van der Waals surface area contributed by atoms with E-state index in [0.717, 1.165) is 5.56 Å². The number of amides is 1. The highest BCUT2D eigenvalue weighted by atomic mass is 16.2. The number of H-pyrrole nitrogens is 1. The van der Waals surface area contributed by atoms with Crippen LogP contribution in [-0.2, 0) is 4.79 Å². The largest absolute Gasteiger partial charge is 0.325 e. The fraction of sp³-hybridized carbons (Fsp3) is 0.273. The Labute approximate surface area is 104 Å². The first-order chi connectivity index (χ1) is 8.47. The molecule has 0 aliphatic carbocycles. The van der Waals surface area contributed by atoms with Crippen LogP contribution >= 0.6 is 0 Å². The van der Waals surface area contributed by atoms with E-state index < -0.39 is 5.54 Å². The van der Waals surface area contributed by atoms with E-state index in [4.69, 9.17) is 5.73 Å². The number of nitrogens with two attached hydrogens (primary N) is 1. The number of benzene rings is 1. The average Bonchev–Trinajstić information content (AvgIpc) is 2.82. The highest BCUT2D eigenvalue weighted by Gasteiger charge is 2.21. The number of nitrogens with zero attached hydrogens (tertiary/aromatic N) is 3. The van der Waals surface area contributed by atoms with E-state index >= 15 is 0 Å². The number of hydrogen-bond donors (Lipinski definition) is 3. The lowest BCUT2D eigenvalue weighted by Gasteiger charge is -2.17. The molecule has 0 bridgehead atoms. The van der Waals surface area contributed by atoms with E-state index in [1.54, 1.807) is 38.1 Å². The first kappa shape index (κ1) is 12.2. The van der Waals surface area contributed by atoms with Crippen LogP contribution in [0.1, 0.15) is 13.8 Å². The maximum atomic E-state index is 11.7. The molecule has 2 aromatic rings. The van der Waals surface area contributed by atoms with Crippen LogP contribution in [0, 0.1) is 0 Å². The highest BCUT2D eigenvalue weighted by molar-refractivity contribution is 5.97. The van der Waals surface area contributed by atoms with Crippen molar-refractivity contribution in [1.82, 2.24) is 20.6 Å². The maximum absolute atomic E-state index is 11.7. The fourth-order valence-corrected chi connectivity index (χ4v) is 1.28. The topological polar surface area (TPSA) is 110 Å². The minimum atomic E-state index is -0.910. The Morgan fingerprint density at radius 1 is 1.33 bits per heavy atom. The van der Waals surface area contributed by atoms with Crippen molar-refractivity contribution in [2.75, 3.05) is 5.32 Å². The van der Waals surface area contributed by atoms with Gasteiger partial charge in [-0.05, 0) is 43.3 Å². The third-order valence-electron chi connectivity index (χ3n) is 2.33. The highest BCUT2D eigenvalue weighted by Crippen LogP contribution is 2.17. The van der Waals surface area contributed by atoms with Gasteiger partial charge in [0, 0.05) is 11.3 Å². The van der Waals surface area contributed by atoms with Crippen molar-refractivity contribution in [3.05, 3.63) is 24.3 Å². The Kier molecular flexibility index (Phi) is 3.07. The molecule has 7 nitrogen and oxygen atoms in total. The van der Waals surface area contributed by atoms with Gasteiger partial charge < -0.3 is 11.1 Å². The van der Waals surface area contributed by atoms with E-state index in [-0.39, 0.29) is 5.91 Å². The molecule has 4 N–H and O–H groups in total. The monoisotopic (exact) mass is 246 g/mol. The molecule has 0 fully saturated rings. The molecule has 0 aliphatic rings. The Balaban J connectivity index is 2.12. The number of carbonyl (C=O) groups excluding carboxylic acids is 1. The third kappa shape index (κ3) is 2.69. The van der Waals surface area contributed by atoms with Crippen molar-refractivity contribution in [3.8, 4) is 11.4 Å². The van der Waals surface area contributed by atoms with Gasteiger partial charge in [-0.1, -0.05) is 0 Å². The zero-order valence-corrected chi connectivity index (χ0v) is 10.1. The second-order valence-corrected chi connectivity index (χ2v) is 4.49. The van der Waals surface area contributed by atoms with E-state index in [9.17, 15) is 4.79 Å². The number of aromatic nitrogens is 4. The molecule has 1 aromatic heterocycles. The van der Waals surface area contributed by atoms with Gasteiger partial charge in [-0.3, -0.25) is 4.79 Å². The Morgan fingerprint density at radius 2 is 2.00 bits per heavy atom. The normalized spacial score (nSPS) is 11.3. The smallest absolute Gasteiger partial charge is 0.243 e.